The number of nitrogens with one attached hydrogen (secondary N) is 1. The Bertz CT molecular complexity index is 817. The summed E-state index contributed by atoms with van der Waals surface area (Å²) in [7, 11) is 2.99. The van der Waals surface area contributed by atoms with Crippen molar-refractivity contribution in [3.8, 4) is 0 Å². The highest BCUT2D eigenvalue weighted by Gasteiger charge is 2.29. The molecule has 0 aromatic heterocycles. The molecular weight excluding hydrogens is 330 g/mol. The SMILES string of the molecule is CO/N=C/C(C(=O)Nc1cccc(C)c1)C(=O)N(C)c1cccc(C)c1. The number of carbonyl (C=O) groups is 2. The van der Waals surface area contributed by atoms with Crippen LogP contribution in [0.1, 0.15) is 11.1 Å². The van der Waals surface area contributed by atoms with Gasteiger partial charge in [0.05, 0.1) is 6.21 Å². The quantitative estimate of drug-likeness (QED) is 0.493. The smallest absolute Gasteiger partial charge is 0.244 e. The number of aryl methyl sites for hydroxylation is 2. The van der Waals surface area contributed by atoms with Crippen molar-refractivity contribution in [3.63, 3.8) is 0 Å². The van der Waals surface area contributed by atoms with E-state index < -0.39 is 17.7 Å². The number of anilines is 2. The summed E-state index contributed by atoms with van der Waals surface area (Å²) >= 11 is 0. The Hall–Kier alpha value is -3.15. The monoisotopic (exact) mass is 353 g/mol. The standard InChI is InChI=1S/C20H23N3O3/c1-14-7-5-9-16(11-14)22-19(24)18(13-21-26-4)20(25)23(3)17-10-6-8-15(2)12-17/h5-13,18H,1-4H3,(H,22,24)/b21-13+. The highest BCUT2D eigenvalue weighted by Crippen LogP contribution is 2.18. The largest absolute Gasteiger partial charge is 0.399 e. The Morgan fingerprint density at radius 1 is 1.12 bits per heavy atom. The molecule has 0 bridgehead atoms. The van der Waals surface area contributed by atoms with E-state index in [1.54, 1.807) is 13.1 Å². The van der Waals surface area contributed by atoms with Gasteiger partial charge in [-0.2, -0.15) is 0 Å². The minimum Gasteiger partial charge on any atom is -0.399 e. The summed E-state index contributed by atoms with van der Waals surface area (Å²) in [5.41, 5.74) is 3.35. The molecule has 0 radical (unpaired) electrons. The van der Waals surface area contributed by atoms with Crippen LogP contribution in [0.15, 0.2) is 53.7 Å². The molecule has 0 heterocycles. The lowest BCUT2D eigenvalue weighted by Crippen LogP contribution is -2.40. The zero-order valence-electron chi connectivity index (χ0n) is 15.4. The average molecular weight is 353 g/mol. The third kappa shape index (κ3) is 4.92. The van der Waals surface area contributed by atoms with Gasteiger partial charge in [0.15, 0.2) is 5.92 Å². The summed E-state index contributed by atoms with van der Waals surface area (Å²) in [6, 6.07) is 14.9. The summed E-state index contributed by atoms with van der Waals surface area (Å²) in [4.78, 5) is 31.7. The van der Waals surface area contributed by atoms with Gasteiger partial charge >= 0.3 is 0 Å². The number of benzene rings is 2. The number of hydrogen-bond acceptors (Lipinski definition) is 4. The number of hydrogen-bond donors (Lipinski definition) is 1. The maximum atomic E-state index is 12.9. The summed E-state index contributed by atoms with van der Waals surface area (Å²) in [6.07, 6.45) is 1.21. The van der Waals surface area contributed by atoms with Gasteiger partial charge in [0.25, 0.3) is 0 Å². The molecule has 136 valence electrons. The van der Waals surface area contributed by atoms with Gasteiger partial charge in [-0.15, -0.1) is 0 Å². The minimum atomic E-state index is -1.11. The third-order valence-corrected chi connectivity index (χ3v) is 3.87. The number of rotatable bonds is 6. The lowest BCUT2D eigenvalue weighted by Gasteiger charge is -2.21. The van der Waals surface area contributed by atoms with Crippen LogP contribution < -0.4 is 10.2 Å². The van der Waals surface area contributed by atoms with E-state index >= 15 is 0 Å². The van der Waals surface area contributed by atoms with Crippen LogP contribution in [0.4, 0.5) is 11.4 Å². The van der Waals surface area contributed by atoms with Crippen LogP contribution in [-0.2, 0) is 14.4 Å². The Morgan fingerprint density at radius 3 is 2.38 bits per heavy atom. The van der Waals surface area contributed by atoms with Crippen LogP contribution in [0.3, 0.4) is 0 Å². The van der Waals surface area contributed by atoms with E-state index in [0.717, 1.165) is 11.1 Å². The zero-order chi connectivity index (χ0) is 19.1. The minimum absolute atomic E-state index is 0.401. The molecular formula is C20H23N3O3. The Balaban J connectivity index is 2.23. The lowest BCUT2D eigenvalue weighted by atomic mass is 10.1. The molecule has 0 aliphatic rings. The van der Waals surface area contributed by atoms with Gasteiger partial charge < -0.3 is 15.1 Å². The van der Waals surface area contributed by atoms with Gasteiger partial charge in [0, 0.05) is 18.4 Å². The first-order chi connectivity index (χ1) is 12.4. The van der Waals surface area contributed by atoms with Crippen molar-refractivity contribution in [2.45, 2.75) is 13.8 Å². The highest BCUT2D eigenvalue weighted by atomic mass is 16.6. The van der Waals surface area contributed by atoms with E-state index in [0.29, 0.717) is 11.4 Å². The molecule has 2 aromatic rings. The van der Waals surface area contributed by atoms with Crippen molar-refractivity contribution in [1.82, 2.24) is 0 Å². The fraction of sp³-hybridized carbons (Fsp3) is 0.250. The van der Waals surface area contributed by atoms with Gasteiger partial charge in [0.1, 0.15) is 7.11 Å². The van der Waals surface area contributed by atoms with Crippen LogP contribution in [0.5, 0.6) is 0 Å². The van der Waals surface area contributed by atoms with Crippen molar-refractivity contribution in [2.75, 3.05) is 24.4 Å². The molecule has 1 unspecified atom stereocenters. The topological polar surface area (TPSA) is 71.0 Å². The van der Waals surface area contributed by atoms with E-state index in [4.69, 9.17) is 0 Å². The fourth-order valence-electron chi connectivity index (χ4n) is 2.48. The predicted octanol–water partition coefficient (Wildman–Crippen LogP) is 3.15. The average Bonchev–Trinajstić information content (AvgIpc) is 2.61. The van der Waals surface area contributed by atoms with Crippen molar-refractivity contribution >= 4 is 29.4 Å². The predicted molar refractivity (Wildman–Crippen MR) is 103 cm³/mol. The van der Waals surface area contributed by atoms with Crippen LogP contribution in [0.25, 0.3) is 0 Å². The van der Waals surface area contributed by atoms with E-state index in [9.17, 15) is 9.59 Å². The maximum absolute atomic E-state index is 12.9. The molecule has 0 saturated carbocycles. The molecule has 0 fully saturated rings. The zero-order valence-corrected chi connectivity index (χ0v) is 15.4. The van der Waals surface area contributed by atoms with Crippen molar-refractivity contribution in [1.29, 1.82) is 0 Å². The molecule has 2 rings (SSSR count). The first-order valence-corrected chi connectivity index (χ1v) is 8.21. The van der Waals surface area contributed by atoms with Gasteiger partial charge in [-0.25, -0.2) is 0 Å². The number of nitrogens with zero attached hydrogens (tertiary/aromatic N) is 2. The number of carbonyl (C=O) groups excluding carboxylic acids is 2. The van der Waals surface area contributed by atoms with E-state index in [-0.39, 0.29) is 0 Å². The number of oxime groups is 1. The fourth-order valence-corrected chi connectivity index (χ4v) is 2.48. The molecule has 6 heteroatoms. The lowest BCUT2D eigenvalue weighted by molar-refractivity contribution is -0.127. The van der Waals surface area contributed by atoms with Gasteiger partial charge in [-0.1, -0.05) is 29.4 Å². The Kier molecular flexibility index (Phi) is 6.49. The molecule has 26 heavy (non-hydrogen) atoms. The molecule has 2 amide bonds. The van der Waals surface area contributed by atoms with E-state index in [1.807, 2.05) is 56.3 Å². The second-order valence-corrected chi connectivity index (χ2v) is 6.01. The van der Waals surface area contributed by atoms with Gasteiger partial charge in [-0.05, 0) is 49.2 Å². The molecule has 6 nitrogen and oxygen atoms in total. The van der Waals surface area contributed by atoms with Gasteiger partial charge in [-0.3, -0.25) is 9.59 Å². The normalized spacial score (nSPS) is 11.8. The van der Waals surface area contributed by atoms with Crippen LogP contribution >= 0.6 is 0 Å². The Morgan fingerprint density at radius 2 is 1.77 bits per heavy atom. The highest BCUT2D eigenvalue weighted by molar-refractivity contribution is 6.20. The molecule has 1 atom stereocenters. The van der Waals surface area contributed by atoms with Crippen LogP contribution in [0.2, 0.25) is 0 Å². The number of amides is 2. The molecule has 1 N–H and O–H groups in total. The summed E-state index contributed by atoms with van der Waals surface area (Å²) < 4.78 is 0. The van der Waals surface area contributed by atoms with Crippen molar-refractivity contribution < 1.29 is 14.4 Å². The second kappa shape index (κ2) is 8.80. The first-order valence-electron chi connectivity index (χ1n) is 8.21. The molecule has 0 aliphatic heterocycles. The van der Waals surface area contributed by atoms with Crippen LogP contribution in [0, 0.1) is 19.8 Å². The van der Waals surface area contributed by atoms with E-state index in [1.165, 1.54) is 18.2 Å². The Labute approximate surface area is 153 Å². The van der Waals surface area contributed by atoms with Crippen molar-refractivity contribution in [2.24, 2.45) is 11.1 Å². The van der Waals surface area contributed by atoms with Crippen molar-refractivity contribution in [3.05, 3.63) is 59.7 Å². The molecule has 2 aromatic carbocycles. The molecule has 0 spiro atoms. The molecule has 0 aliphatic carbocycles. The molecule has 0 saturated heterocycles. The van der Waals surface area contributed by atoms with E-state index in [2.05, 4.69) is 15.3 Å². The summed E-state index contributed by atoms with van der Waals surface area (Å²) in [5, 5.41) is 6.39. The third-order valence-electron chi connectivity index (χ3n) is 3.87. The second-order valence-electron chi connectivity index (χ2n) is 6.01. The maximum Gasteiger partial charge on any atom is 0.244 e. The summed E-state index contributed by atoms with van der Waals surface area (Å²) in [6.45, 7) is 3.87. The summed E-state index contributed by atoms with van der Waals surface area (Å²) in [5.74, 6) is -1.98. The van der Waals surface area contributed by atoms with Gasteiger partial charge in [0.2, 0.25) is 11.8 Å². The first kappa shape index (κ1) is 19.2. The van der Waals surface area contributed by atoms with Crippen LogP contribution in [-0.4, -0.2) is 32.2 Å².